The van der Waals surface area contributed by atoms with Gasteiger partial charge in [-0.05, 0) is 118 Å². The molecule has 14 heteroatoms. The van der Waals surface area contributed by atoms with Crippen molar-refractivity contribution < 1.29 is 89.0 Å². The predicted octanol–water partition coefficient (Wildman–Crippen LogP) is 8.52. The second-order valence-electron chi connectivity index (χ2n) is 24.6. The van der Waals surface area contributed by atoms with Crippen molar-refractivity contribution in [3.8, 4) is 0 Å². The van der Waals surface area contributed by atoms with E-state index in [1.165, 1.54) is 65.3 Å². The van der Waals surface area contributed by atoms with Crippen LogP contribution in [0.5, 0.6) is 0 Å². The molecule has 0 radical (unpaired) electrons. The molecule has 0 unspecified atom stereocenters. The van der Waals surface area contributed by atoms with Crippen LogP contribution in [-0.4, -0.2) is 95.1 Å². The SMILES string of the molecule is CC1(C)C(=CC=CC2=[N+](CCC(=O)O)c3ccc4ccccc4c3C2(C)C)N(CCOC=O)c2ccc3ccccc3c21.CC1(C)C(=CC=CC2=[N+](CCC(=O)O)c3ccc4ccccc4c3C2(C)C)N(CCOC=O)c2ccc3ccccc3c21.[Br-].[I-]. The minimum atomic E-state index is -0.816. The van der Waals surface area contributed by atoms with E-state index < -0.39 is 11.9 Å². The highest BCUT2D eigenvalue weighted by molar-refractivity contribution is 6.09. The minimum Gasteiger partial charge on any atom is -1.00 e. The molecule has 0 fully saturated rings. The Kier molecular flexibility index (Phi) is 18.9. The summed E-state index contributed by atoms with van der Waals surface area (Å²) in [5.74, 6) is -1.63. The average molecular weight is 1350 g/mol. The molecule has 4 aliphatic heterocycles. The molecule has 452 valence electrons. The van der Waals surface area contributed by atoms with Crippen LogP contribution in [0.1, 0.15) is 90.5 Å². The second kappa shape index (κ2) is 25.9. The van der Waals surface area contributed by atoms with Gasteiger partial charge in [0.15, 0.2) is 24.5 Å². The number of carbonyl (C=O) groups is 4. The van der Waals surface area contributed by atoms with Crippen molar-refractivity contribution in [3.05, 3.63) is 216 Å². The van der Waals surface area contributed by atoms with E-state index >= 15 is 0 Å². The van der Waals surface area contributed by atoms with Crippen LogP contribution in [-0.2, 0) is 50.3 Å². The molecule has 0 aliphatic carbocycles. The van der Waals surface area contributed by atoms with Gasteiger partial charge in [0.05, 0.1) is 23.9 Å². The van der Waals surface area contributed by atoms with E-state index in [0.29, 0.717) is 39.1 Å². The van der Waals surface area contributed by atoms with Gasteiger partial charge in [0.2, 0.25) is 11.4 Å². The number of ether oxygens (including phenoxy) is 2. The van der Waals surface area contributed by atoms with E-state index in [1.807, 2.05) is 12.1 Å². The molecule has 0 bridgehead atoms. The Morgan fingerprint density at radius 3 is 1.10 bits per heavy atom. The van der Waals surface area contributed by atoms with Gasteiger partial charge in [-0.15, -0.1) is 0 Å². The summed E-state index contributed by atoms with van der Waals surface area (Å²) in [7, 11) is 0. The molecular formula is C74H74BrIN4O8. The van der Waals surface area contributed by atoms with E-state index in [4.69, 9.17) is 9.47 Å². The number of carboxylic acid groups (broad SMARTS) is 2. The number of allylic oxidation sites excluding steroid dienone is 8. The Balaban J connectivity index is 0.000000205. The summed E-state index contributed by atoms with van der Waals surface area (Å²) in [6.07, 6.45) is 12.9. The Morgan fingerprint density at radius 1 is 0.455 bits per heavy atom. The zero-order valence-corrected chi connectivity index (χ0v) is 54.8. The highest BCUT2D eigenvalue weighted by atomic mass is 127. The zero-order valence-electron chi connectivity index (χ0n) is 51.0. The monoisotopic (exact) mass is 1350 g/mol. The number of nitrogens with zero attached hydrogens (tertiary/aromatic N) is 4. The molecule has 12 nitrogen and oxygen atoms in total. The number of benzene rings is 8. The van der Waals surface area contributed by atoms with E-state index in [2.05, 4.69) is 244 Å². The third kappa shape index (κ3) is 11.5. The van der Waals surface area contributed by atoms with Crippen LogP contribution in [0, 0.1) is 0 Å². The predicted molar refractivity (Wildman–Crippen MR) is 345 cm³/mol. The molecular weight excluding hydrogens is 1280 g/mol. The normalized spacial score (nSPS) is 17.3. The highest BCUT2D eigenvalue weighted by Gasteiger charge is 2.48. The van der Waals surface area contributed by atoms with Crippen molar-refractivity contribution in [1.82, 2.24) is 0 Å². The van der Waals surface area contributed by atoms with Gasteiger partial charge in [0.1, 0.15) is 26.1 Å². The van der Waals surface area contributed by atoms with Gasteiger partial charge in [-0.2, -0.15) is 9.15 Å². The maximum Gasteiger partial charge on any atom is 0.309 e. The van der Waals surface area contributed by atoms with Crippen LogP contribution in [0.2, 0.25) is 0 Å². The maximum atomic E-state index is 11.7. The molecule has 4 heterocycles. The number of rotatable bonds is 18. The number of carbonyl (C=O) groups excluding carboxylic acids is 2. The minimum absolute atomic E-state index is 0. The molecule has 8 aromatic carbocycles. The van der Waals surface area contributed by atoms with Gasteiger partial charge >= 0.3 is 11.9 Å². The topological polar surface area (TPSA) is 140 Å². The van der Waals surface area contributed by atoms with Crippen LogP contribution >= 0.6 is 0 Å². The van der Waals surface area contributed by atoms with Crippen LogP contribution in [0.4, 0.5) is 22.7 Å². The van der Waals surface area contributed by atoms with Crippen LogP contribution in [0.3, 0.4) is 0 Å². The highest BCUT2D eigenvalue weighted by Crippen LogP contribution is 2.53. The third-order valence-electron chi connectivity index (χ3n) is 18.1. The summed E-state index contributed by atoms with van der Waals surface area (Å²) in [6.45, 7) is 21.3. The van der Waals surface area contributed by atoms with Gasteiger partial charge < -0.3 is 70.4 Å². The summed E-state index contributed by atoms with van der Waals surface area (Å²) in [4.78, 5) is 49.8. The zero-order chi connectivity index (χ0) is 60.7. The smallest absolute Gasteiger partial charge is 0.309 e. The van der Waals surface area contributed by atoms with Crippen molar-refractivity contribution in [2.24, 2.45) is 0 Å². The fourth-order valence-electron chi connectivity index (χ4n) is 14.4. The van der Waals surface area contributed by atoms with Gasteiger partial charge in [0.25, 0.3) is 12.9 Å². The van der Waals surface area contributed by atoms with Crippen molar-refractivity contribution in [1.29, 1.82) is 0 Å². The number of aliphatic carboxylic acids is 2. The fraction of sp³-hybridized carbons (Fsp3) is 0.270. The molecule has 2 N–H and O–H groups in total. The summed E-state index contributed by atoms with van der Waals surface area (Å²) in [5, 5.41) is 28.7. The number of halogens is 2. The Morgan fingerprint density at radius 2 is 0.773 bits per heavy atom. The summed E-state index contributed by atoms with van der Waals surface area (Å²) >= 11 is 0. The Bertz CT molecular complexity index is 4010. The molecule has 0 atom stereocenters. The standard InChI is InChI=1S/2C37H36N2O4.BrH.HI/c2*1-36(2)31(38(21-20-33(41)42)29-18-16-25-10-5-7-12-27(25)34(29)36)14-9-15-32-37(3,4)35-28-13-8-6-11-26(28)17-19-30(35)39(32)22-23-43-24-40;;/h2*5-19,24H,20-23H2,1-4H3;2*1H. The molecule has 0 aromatic heterocycles. The first-order valence-corrected chi connectivity index (χ1v) is 29.6. The third-order valence-corrected chi connectivity index (χ3v) is 18.1. The Hall–Kier alpha value is -8.21. The van der Waals surface area contributed by atoms with Gasteiger partial charge in [-0.3, -0.25) is 19.2 Å². The molecule has 8 aromatic rings. The molecule has 0 saturated heterocycles. The number of carboxylic acids is 2. The molecule has 0 spiro atoms. The van der Waals surface area contributed by atoms with Crippen LogP contribution in [0.15, 0.2) is 193 Å². The van der Waals surface area contributed by atoms with Gasteiger partial charge in [0, 0.05) is 69.0 Å². The molecule has 88 heavy (non-hydrogen) atoms. The van der Waals surface area contributed by atoms with Crippen LogP contribution in [0.25, 0.3) is 43.1 Å². The summed E-state index contributed by atoms with van der Waals surface area (Å²) in [6, 6.07) is 50.8. The lowest BCUT2D eigenvalue weighted by Gasteiger charge is -2.26. The average Bonchev–Trinajstić information content (AvgIpc) is 1.68. The fourth-order valence-corrected chi connectivity index (χ4v) is 14.4. The Labute approximate surface area is 542 Å². The van der Waals surface area contributed by atoms with Crippen molar-refractivity contribution >= 4 is 102 Å². The van der Waals surface area contributed by atoms with Gasteiger partial charge in [-0.1, -0.05) is 149 Å². The maximum absolute atomic E-state index is 11.7. The molecule has 12 rings (SSSR count). The summed E-state index contributed by atoms with van der Waals surface area (Å²) in [5.41, 5.74) is 12.4. The van der Waals surface area contributed by atoms with E-state index in [1.54, 1.807) is 0 Å². The number of fused-ring (bicyclic) bond motifs is 12. The lowest BCUT2D eigenvalue weighted by atomic mass is 9.79. The van der Waals surface area contributed by atoms with E-state index in [-0.39, 0.29) is 88.7 Å². The number of hydrogen-bond donors (Lipinski definition) is 2. The molecule has 4 aliphatic rings. The first-order valence-electron chi connectivity index (χ1n) is 29.6. The largest absolute Gasteiger partial charge is 1.00 e. The van der Waals surface area contributed by atoms with Crippen molar-refractivity contribution in [2.75, 3.05) is 49.2 Å². The first kappa shape index (κ1) is 64.3. The van der Waals surface area contributed by atoms with Crippen molar-refractivity contribution in [2.45, 2.75) is 89.9 Å². The van der Waals surface area contributed by atoms with Crippen LogP contribution < -0.4 is 50.8 Å². The summed E-state index contributed by atoms with van der Waals surface area (Å²) < 4.78 is 14.6. The molecule has 0 saturated carbocycles. The second-order valence-corrected chi connectivity index (χ2v) is 24.6. The van der Waals surface area contributed by atoms with E-state index in [0.717, 1.165) is 45.6 Å². The number of anilines is 2. The molecule has 0 amide bonds. The lowest BCUT2D eigenvalue weighted by Crippen LogP contribution is -3.00. The first-order chi connectivity index (χ1) is 41.3. The van der Waals surface area contributed by atoms with Gasteiger partial charge in [-0.25, -0.2) is 0 Å². The lowest BCUT2D eigenvalue weighted by molar-refractivity contribution is -0.436. The number of hydrogen-bond acceptors (Lipinski definition) is 8. The quantitative estimate of drug-likeness (QED) is 0.0372. The van der Waals surface area contributed by atoms with Crippen molar-refractivity contribution in [3.63, 3.8) is 0 Å². The van der Waals surface area contributed by atoms with E-state index in [9.17, 15) is 29.4 Å².